The van der Waals surface area contributed by atoms with E-state index < -0.39 is 0 Å². The Balaban J connectivity index is 1.41. The van der Waals surface area contributed by atoms with Crippen molar-refractivity contribution in [2.45, 2.75) is 45.4 Å². The summed E-state index contributed by atoms with van der Waals surface area (Å²) in [6.07, 6.45) is 5.11. The van der Waals surface area contributed by atoms with Crippen LogP contribution in [0, 0.1) is 5.92 Å². The minimum atomic E-state index is -0.356. The first-order valence-electron chi connectivity index (χ1n) is 11.1. The lowest BCUT2D eigenvalue weighted by molar-refractivity contribution is -0.121. The minimum absolute atomic E-state index is 0.0453. The second-order valence-corrected chi connectivity index (χ2v) is 9.74. The first-order chi connectivity index (χ1) is 15.5. The number of amides is 2. The molecule has 4 rings (SSSR count). The minimum Gasteiger partial charge on any atom is -0.462 e. The maximum atomic E-state index is 13.0. The van der Waals surface area contributed by atoms with E-state index in [1.54, 1.807) is 36.1 Å². The standard InChI is InChI=1S/C24H27ClN2O4S/c1-2-31-24(30)20-18-5-3-4-6-19(18)32-22(20)26-21(28)15-11-13-27(14-12-15)23(29)16-7-9-17(25)10-8-16/h7-10,15H,2-6,11-14H2,1H3,(H,26,28). The van der Waals surface area contributed by atoms with Crippen molar-refractivity contribution in [1.82, 2.24) is 4.90 Å². The largest absolute Gasteiger partial charge is 0.462 e. The molecule has 2 heterocycles. The van der Waals surface area contributed by atoms with Crippen molar-refractivity contribution in [3.8, 4) is 0 Å². The number of anilines is 1. The Morgan fingerprint density at radius 1 is 1.12 bits per heavy atom. The van der Waals surface area contributed by atoms with Crippen molar-refractivity contribution in [1.29, 1.82) is 0 Å². The molecule has 1 aromatic heterocycles. The molecule has 0 bridgehead atoms. The van der Waals surface area contributed by atoms with Crippen molar-refractivity contribution in [3.05, 3.63) is 50.9 Å². The van der Waals surface area contributed by atoms with Gasteiger partial charge in [0.25, 0.3) is 5.91 Å². The molecule has 0 atom stereocenters. The van der Waals surface area contributed by atoms with Crippen molar-refractivity contribution in [2.75, 3.05) is 25.0 Å². The molecule has 0 unspecified atom stereocenters. The first kappa shape index (κ1) is 22.8. The molecule has 0 saturated carbocycles. The molecule has 1 saturated heterocycles. The molecule has 1 aliphatic heterocycles. The van der Waals surface area contributed by atoms with Gasteiger partial charge in [-0.2, -0.15) is 0 Å². The molecule has 1 N–H and O–H groups in total. The number of rotatable bonds is 5. The Labute approximate surface area is 196 Å². The average molecular weight is 475 g/mol. The zero-order valence-electron chi connectivity index (χ0n) is 18.1. The van der Waals surface area contributed by atoms with Crippen LogP contribution in [0.25, 0.3) is 0 Å². The van der Waals surface area contributed by atoms with Gasteiger partial charge in [-0.3, -0.25) is 9.59 Å². The summed E-state index contributed by atoms with van der Waals surface area (Å²) in [7, 11) is 0. The van der Waals surface area contributed by atoms with Gasteiger partial charge < -0.3 is 15.0 Å². The number of likely N-dealkylation sites (tertiary alicyclic amines) is 1. The highest BCUT2D eigenvalue weighted by atomic mass is 35.5. The van der Waals surface area contributed by atoms with Crippen LogP contribution in [0.1, 0.15) is 63.8 Å². The number of aryl methyl sites for hydroxylation is 1. The molecule has 2 aromatic rings. The number of thiophene rings is 1. The molecule has 6 nitrogen and oxygen atoms in total. The van der Waals surface area contributed by atoms with Gasteiger partial charge >= 0.3 is 5.97 Å². The summed E-state index contributed by atoms with van der Waals surface area (Å²) in [6, 6.07) is 6.85. The van der Waals surface area contributed by atoms with Gasteiger partial charge in [0.1, 0.15) is 5.00 Å². The molecular formula is C24H27ClN2O4S. The van der Waals surface area contributed by atoms with Crippen LogP contribution in [0.3, 0.4) is 0 Å². The van der Waals surface area contributed by atoms with Gasteiger partial charge in [-0.05, 0) is 75.3 Å². The number of halogens is 1. The predicted molar refractivity (Wildman–Crippen MR) is 126 cm³/mol. The number of nitrogens with one attached hydrogen (secondary N) is 1. The third kappa shape index (κ3) is 4.84. The second kappa shape index (κ2) is 10.0. The number of hydrogen-bond acceptors (Lipinski definition) is 5. The normalized spacial score (nSPS) is 16.4. The molecular weight excluding hydrogens is 448 g/mol. The molecule has 0 radical (unpaired) electrons. The van der Waals surface area contributed by atoms with Crippen LogP contribution >= 0.6 is 22.9 Å². The average Bonchev–Trinajstić information content (AvgIpc) is 3.17. The van der Waals surface area contributed by atoms with Crippen LogP contribution in [0.15, 0.2) is 24.3 Å². The van der Waals surface area contributed by atoms with E-state index in [1.807, 2.05) is 0 Å². The van der Waals surface area contributed by atoms with E-state index in [2.05, 4.69) is 5.32 Å². The number of nitrogens with zero attached hydrogens (tertiary/aromatic N) is 1. The molecule has 170 valence electrons. The summed E-state index contributed by atoms with van der Waals surface area (Å²) in [5.41, 5.74) is 2.18. The molecule has 2 amide bonds. The molecule has 32 heavy (non-hydrogen) atoms. The summed E-state index contributed by atoms with van der Waals surface area (Å²) in [6.45, 7) is 3.13. The van der Waals surface area contributed by atoms with Crippen LogP contribution in [-0.2, 0) is 22.4 Å². The van der Waals surface area contributed by atoms with Gasteiger partial charge in [-0.15, -0.1) is 11.3 Å². The highest BCUT2D eigenvalue weighted by molar-refractivity contribution is 7.17. The number of ether oxygens (including phenoxy) is 1. The molecule has 0 spiro atoms. The Morgan fingerprint density at radius 2 is 1.81 bits per heavy atom. The number of piperidine rings is 1. The molecule has 1 aromatic carbocycles. The quantitative estimate of drug-likeness (QED) is 0.622. The summed E-state index contributed by atoms with van der Waals surface area (Å²) < 4.78 is 5.27. The molecule has 1 fully saturated rings. The van der Waals surface area contributed by atoms with Crippen LogP contribution in [0.4, 0.5) is 5.00 Å². The van der Waals surface area contributed by atoms with Crippen molar-refractivity contribution in [3.63, 3.8) is 0 Å². The van der Waals surface area contributed by atoms with Gasteiger partial charge in [-0.25, -0.2) is 4.79 Å². The van der Waals surface area contributed by atoms with Crippen LogP contribution in [0.5, 0.6) is 0 Å². The van der Waals surface area contributed by atoms with E-state index in [-0.39, 0.29) is 23.7 Å². The van der Waals surface area contributed by atoms with Gasteiger partial charge in [0.05, 0.1) is 12.2 Å². The monoisotopic (exact) mass is 474 g/mol. The van der Waals surface area contributed by atoms with E-state index in [1.165, 1.54) is 16.2 Å². The lowest BCUT2D eigenvalue weighted by Gasteiger charge is -2.31. The SMILES string of the molecule is CCOC(=O)c1c(NC(=O)C2CCN(C(=O)c3ccc(Cl)cc3)CC2)sc2c1CCCC2. The predicted octanol–water partition coefficient (Wildman–Crippen LogP) is 4.95. The van der Waals surface area contributed by atoms with E-state index in [0.29, 0.717) is 53.7 Å². The number of carbonyl (C=O) groups excluding carboxylic acids is 3. The number of hydrogen-bond donors (Lipinski definition) is 1. The summed E-state index contributed by atoms with van der Waals surface area (Å²) in [4.78, 5) is 41.3. The fourth-order valence-electron chi connectivity index (χ4n) is 4.41. The zero-order chi connectivity index (χ0) is 22.7. The highest BCUT2D eigenvalue weighted by Crippen LogP contribution is 2.39. The lowest BCUT2D eigenvalue weighted by atomic mass is 9.94. The first-order valence-corrected chi connectivity index (χ1v) is 12.3. The van der Waals surface area contributed by atoms with Gasteiger partial charge in [0.2, 0.25) is 5.91 Å². The van der Waals surface area contributed by atoms with Gasteiger partial charge in [0.15, 0.2) is 0 Å². The van der Waals surface area contributed by atoms with Gasteiger partial charge in [-0.1, -0.05) is 11.6 Å². The summed E-state index contributed by atoms with van der Waals surface area (Å²) in [5.74, 6) is -0.687. The second-order valence-electron chi connectivity index (χ2n) is 8.20. The van der Waals surface area contributed by atoms with Crippen molar-refractivity contribution < 1.29 is 19.1 Å². The Hall–Kier alpha value is -2.38. The fourth-order valence-corrected chi connectivity index (χ4v) is 5.81. The third-order valence-corrected chi connectivity index (χ3v) is 7.59. The summed E-state index contributed by atoms with van der Waals surface area (Å²) >= 11 is 7.41. The highest BCUT2D eigenvalue weighted by Gasteiger charge is 2.31. The Kier molecular flexibility index (Phi) is 7.16. The van der Waals surface area contributed by atoms with Crippen LogP contribution in [0.2, 0.25) is 5.02 Å². The van der Waals surface area contributed by atoms with Gasteiger partial charge in [0, 0.05) is 34.5 Å². The Bertz CT molecular complexity index is 1010. The van der Waals surface area contributed by atoms with Crippen LogP contribution < -0.4 is 5.32 Å². The van der Waals surface area contributed by atoms with E-state index in [9.17, 15) is 14.4 Å². The molecule has 1 aliphatic carbocycles. The maximum Gasteiger partial charge on any atom is 0.341 e. The van der Waals surface area contributed by atoms with E-state index >= 15 is 0 Å². The Morgan fingerprint density at radius 3 is 2.50 bits per heavy atom. The molecule has 2 aliphatic rings. The maximum absolute atomic E-state index is 13.0. The van der Waals surface area contributed by atoms with E-state index in [0.717, 1.165) is 31.2 Å². The van der Waals surface area contributed by atoms with E-state index in [4.69, 9.17) is 16.3 Å². The number of fused-ring (bicyclic) bond motifs is 1. The zero-order valence-corrected chi connectivity index (χ0v) is 19.7. The van der Waals surface area contributed by atoms with Crippen molar-refractivity contribution >= 4 is 45.7 Å². The van der Waals surface area contributed by atoms with Crippen LogP contribution in [-0.4, -0.2) is 42.4 Å². The third-order valence-electron chi connectivity index (χ3n) is 6.13. The number of benzene rings is 1. The lowest BCUT2D eigenvalue weighted by Crippen LogP contribution is -2.41. The summed E-state index contributed by atoms with van der Waals surface area (Å²) in [5, 5.41) is 4.22. The topological polar surface area (TPSA) is 75.7 Å². The smallest absolute Gasteiger partial charge is 0.341 e. The molecule has 8 heteroatoms. The number of carbonyl (C=O) groups is 3. The van der Waals surface area contributed by atoms with Crippen molar-refractivity contribution in [2.24, 2.45) is 5.92 Å². The number of esters is 1. The fraction of sp³-hybridized carbons (Fsp3) is 0.458.